The van der Waals surface area contributed by atoms with Gasteiger partial charge in [0.25, 0.3) is 0 Å². The molecule has 2 aliphatic rings. The monoisotopic (exact) mass is 304 g/mol. The fourth-order valence-electron chi connectivity index (χ4n) is 3.15. The molecule has 2 fully saturated rings. The van der Waals surface area contributed by atoms with Crippen molar-refractivity contribution in [1.29, 1.82) is 0 Å². The van der Waals surface area contributed by atoms with E-state index in [0.29, 0.717) is 6.54 Å². The second kappa shape index (κ2) is 6.87. The smallest absolute Gasteiger partial charge is 0.306 e. The molecule has 2 rings (SSSR count). The molecule has 2 aliphatic heterocycles. The molecule has 0 aromatic heterocycles. The van der Waals surface area contributed by atoms with Crippen LogP contribution < -0.4 is 5.32 Å². The number of carbonyl (C=O) groups excluding carboxylic acids is 1. The van der Waals surface area contributed by atoms with Crippen molar-refractivity contribution >= 4 is 16.0 Å². The van der Waals surface area contributed by atoms with Crippen molar-refractivity contribution in [3.8, 4) is 0 Å². The van der Waals surface area contributed by atoms with E-state index < -0.39 is 16.0 Å². The van der Waals surface area contributed by atoms with Crippen LogP contribution in [0.4, 0.5) is 0 Å². The second-order valence-corrected chi connectivity index (χ2v) is 7.56. The van der Waals surface area contributed by atoms with Crippen LogP contribution in [0.15, 0.2) is 0 Å². The maximum atomic E-state index is 12.5. The third-order valence-corrected chi connectivity index (χ3v) is 6.10. The number of sulfonamides is 1. The zero-order chi connectivity index (χ0) is 14.6. The molecule has 7 heteroatoms. The number of nitrogens with one attached hydrogen (secondary N) is 1. The number of hydrogen-bond acceptors (Lipinski definition) is 5. The molecule has 2 atom stereocenters. The minimum Gasteiger partial charge on any atom is -0.469 e. The lowest BCUT2D eigenvalue weighted by molar-refractivity contribution is -0.140. The average Bonchev–Trinajstić information content (AvgIpc) is 2.99. The topological polar surface area (TPSA) is 75.7 Å². The zero-order valence-corrected chi connectivity index (χ0v) is 12.8. The lowest BCUT2D eigenvalue weighted by Gasteiger charge is -2.38. The van der Waals surface area contributed by atoms with E-state index in [9.17, 15) is 13.2 Å². The summed E-state index contributed by atoms with van der Waals surface area (Å²) in [5, 5.41) is 3.41. The Kier molecular flexibility index (Phi) is 5.40. The Balaban J connectivity index is 2.04. The third kappa shape index (κ3) is 3.71. The van der Waals surface area contributed by atoms with Crippen molar-refractivity contribution in [2.24, 2.45) is 0 Å². The summed E-state index contributed by atoms with van der Waals surface area (Å²) in [6.07, 6.45) is 4.96. The molecule has 0 aromatic carbocycles. The molecule has 0 spiro atoms. The third-order valence-electron chi connectivity index (χ3n) is 4.21. The van der Waals surface area contributed by atoms with Crippen molar-refractivity contribution in [1.82, 2.24) is 9.62 Å². The Bertz CT molecular complexity index is 432. The average molecular weight is 304 g/mol. The van der Waals surface area contributed by atoms with Gasteiger partial charge < -0.3 is 10.1 Å². The standard InChI is InChI=1S/C13H24N2O4S/c1-19-13(16)7-10-20(17,18)15-9-3-2-6-12(15)11-5-4-8-14-11/h11-12,14H,2-10H2,1H3. The maximum absolute atomic E-state index is 12.5. The van der Waals surface area contributed by atoms with E-state index in [1.807, 2.05) is 0 Å². The first-order valence-corrected chi connectivity index (χ1v) is 8.95. The SMILES string of the molecule is COC(=O)CCS(=O)(=O)N1CCCCC1C1CCCN1. The molecule has 0 aromatic rings. The van der Waals surface area contributed by atoms with E-state index in [-0.39, 0.29) is 24.3 Å². The Morgan fingerprint density at radius 1 is 1.30 bits per heavy atom. The molecule has 2 unspecified atom stereocenters. The number of carbonyl (C=O) groups is 1. The highest BCUT2D eigenvalue weighted by atomic mass is 32.2. The van der Waals surface area contributed by atoms with Gasteiger partial charge in [0, 0.05) is 18.6 Å². The van der Waals surface area contributed by atoms with Crippen LogP contribution in [-0.4, -0.2) is 56.7 Å². The summed E-state index contributed by atoms with van der Waals surface area (Å²) < 4.78 is 31.1. The first kappa shape index (κ1) is 15.7. The molecule has 0 amide bonds. The predicted molar refractivity (Wildman–Crippen MR) is 75.8 cm³/mol. The molecule has 116 valence electrons. The highest BCUT2D eigenvalue weighted by Gasteiger charge is 2.37. The Morgan fingerprint density at radius 2 is 2.10 bits per heavy atom. The fraction of sp³-hybridized carbons (Fsp3) is 0.923. The summed E-state index contributed by atoms with van der Waals surface area (Å²) in [4.78, 5) is 11.2. The van der Waals surface area contributed by atoms with Crippen LogP contribution in [0.2, 0.25) is 0 Å². The number of esters is 1. The minimum absolute atomic E-state index is 0.0499. The van der Waals surface area contributed by atoms with E-state index >= 15 is 0 Å². The minimum atomic E-state index is -3.38. The van der Waals surface area contributed by atoms with Crippen LogP contribution in [0.1, 0.15) is 38.5 Å². The normalized spacial score (nSPS) is 28.4. The molecule has 0 radical (unpaired) electrons. The van der Waals surface area contributed by atoms with E-state index in [0.717, 1.165) is 38.6 Å². The largest absolute Gasteiger partial charge is 0.469 e. The maximum Gasteiger partial charge on any atom is 0.306 e. The summed E-state index contributed by atoms with van der Waals surface area (Å²) >= 11 is 0. The van der Waals surface area contributed by atoms with Crippen LogP contribution in [0.5, 0.6) is 0 Å². The molecule has 0 bridgehead atoms. The van der Waals surface area contributed by atoms with Gasteiger partial charge >= 0.3 is 5.97 Å². The fourth-order valence-corrected chi connectivity index (χ4v) is 4.88. The number of methoxy groups -OCH3 is 1. The Morgan fingerprint density at radius 3 is 2.75 bits per heavy atom. The summed E-state index contributed by atoms with van der Waals surface area (Å²) in [6, 6.07) is 0.317. The van der Waals surface area contributed by atoms with Crippen LogP contribution >= 0.6 is 0 Å². The van der Waals surface area contributed by atoms with Gasteiger partial charge in [0.2, 0.25) is 10.0 Å². The van der Waals surface area contributed by atoms with Gasteiger partial charge in [-0.25, -0.2) is 8.42 Å². The van der Waals surface area contributed by atoms with Gasteiger partial charge in [-0.05, 0) is 32.2 Å². The van der Waals surface area contributed by atoms with E-state index in [4.69, 9.17) is 0 Å². The molecule has 1 N–H and O–H groups in total. The number of rotatable bonds is 5. The zero-order valence-electron chi connectivity index (χ0n) is 12.0. The lowest BCUT2D eigenvalue weighted by atomic mass is 9.97. The predicted octanol–water partition coefficient (Wildman–Crippen LogP) is 0.486. The molecule has 20 heavy (non-hydrogen) atoms. The van der Waals surface area contributed by atoms with Gasteiger partial charge in [-0.2, -0.15) is 4.31 Å². The molecular weight excluding hydrogens is 280 g/mol. The highest BCUT2D eigenvalue weighted by molar-refractivity contribution is 7.89. The van der Waals surface area contributed by atoms with Gasteiger partial charge in [0.05, 0.1) is 19.3 Å². The van der Waals surface area contributed by atoms with E-state index in [1.165, 1.54) is 7.11 Å². The first-order chi connectivity index (χ1) is 9.54. The summed E-state index contributed by atoms with van der Waals surface area (Å²) in [7, 11) is -2.10. The first-order valence-electron chi connectivity index (χ1n) is 7.34. The summed E-state index contributed by atoms with van der Waals surface area (Å²) in [6.45, 7) is 1.55. The second-order valence-electron chi connectivity index (χ2n) is 5.52. The van der Waals surface area contributed by atoms with Gasteiger partial charge in [-0.3, -0.25) is 4.79 Å². The van der Waals surface area contributed by atoms with Crippen molar-refractivity contribution in [2.75, 3.05) is 26.0 Å². The molecule has 0 aliphatic carbocycles. The van der Waals surface area contributed by atoms with E-state index in [1.54, 1.807) is 4.31 Å². The molecule has 2 heterocycles. The number of hydrogen-bond donors (Lipinski definition) is 1. The molecule has 2 saturated heterocycles. The van der Waals surface area contributed by atoms with Crippen molar-refractivity contribution in [3.63, 3.8) is 0 Å². The quantitative estimate of drug-likeness (QED) is 0.748. The van der Waals surface area contributed by atoms with Gasteiger partial charge in [0.15, 0.2) is 0 Å². The van der Waals surface area contributed by atoms with Gasteiger partial charge in [0.1, 0.15) is 0 Å². The molecule has 0 saturated carbocycles. The summed E-state index contributed by atoms with van der Waals surface area (Å²) in [5.74, 6) is -0.621. The number of piperidine rings is 1. The van der Waals surface area contributed by atoms with Crippen molar-refractivity contribution in [3.05, 3.63) is 0 Å². The molecular formula is C13H24N2O4S. The number of nitrogens with zero attached hydrogens (tertiary/aromatic N) is 1. The van der Waals surface area contributed by atoms with Crippen molar-refractivity contribution in [2.45, 2.75) is 50.6 Å². The van der Waals surface area contributed by atoms with Gasteiger partial charge in [-0.1, -0.05) is 6.42 Å². The van der Waals surface area contributed by atoms with Gasteiger partial charge in [-0.15, -0.1) is 0 Å². The highest BCUT2D eigenvalue weighted by Crippen LogP contribution is 2.27. The number of ether oxygens (including phenoxy) is 1. The lowest BCUT2D eigenvalue weighted by Crippen LogP contribution is -2.53. The van der Waals surface area contributed by atoms with Crippen molar-refractivity contribution < 1.29 is 17.9 Å². The van der Waals surface area contributed by atoms with Crippen LogP contribution in [0, 0.1) is 0 Å². The summed E-state index contributed by atoms with van der Waals surface area (Å²) in [5.41, 5.74) is 0. The van der Waals surface area contributed by atoms with E-state index in [2.05, 4.69) is 10.1 Å². The van der Waals surface area contributed by atoms with Crippen LogP contribution in [0.3, 0.4) is 0 Å². The Labute approximate surface area is 120 Å². The Hall–Kier alpha value is -0.660. The van der Waals surface area contributed by atoms with Crippen LogP contribution in [0.25, 0.3) is 0 Å². The van der Waals surface area contributed by atoms with Crippen LogP contribution in [-0.2, 0) is 19.6 Å². The molecule has 6 nitrogen and oxygen atoms in total.